The number of hydrogen-bond acceptors (Lipinski definition) is 3. The molecule has 0 bridgehead atoms. The molecule has 2 rings (SSSR count). The maximum absolute atomic E-state index is 11.8. The van der Waals surface area contributed by atoms with Crippen molar-refractivity contribution >= 4 is 28.7 Å². The van der Waals surface area contributed by atoms with Gasteiger partial charge >= 0.3 is 6.09 Å². The lowest BCUT2D eigenvalue weighted by Gasteiger charge is -2.46. The van der Waals surface area contributed by atoms with E-state index < -0.39 is 11.2 Å². The molecule has 0 unspecified atom stereocenters. The smallest absolute Gasteiger partial charge is 0.410 e. The summed E-state index contributed by atoms with van der Waals surface area (Å²) in [5, 5.41) is 10.5. The fourth-order valence-electron chi connectivity index (χ4n) is 2.00. The summed E-state index contributed by atoms with van der Waals surface area (Å²) in [4.78, 5) is 13.3. The van der Waals surface area contributed by atoms with Gasteiger partial charge in [0.05, 0.1) is 13.1 Å². The molecule has 0 spiro atoms. The van der Waals surface area contributed by atoms with E-state index in [0.717, 1.165) is 9.13 Å². The van der Waals surface area contributed by atoms with Crippen molar-refractivity contribution in [1.29, 1.82) is 0 Å². The van der Waals surface area contributed by atoms with Crippen LogP contribution in [0.2, 0.25) is 0 Å². The molecule has 4 nitrogen and oxygen atoms in total. The first kappa shape index (κ1) is 14.6. The zero-order chi connectivity index (χ0) is 14.3. The van der Waals surface area contributed by atoms with Crippen LogP contribution >= 0.6 is 22.6 Å². The van der Waals surface area contributed by atoms with E-state index in [2.05, 4.69) is 22.6 Å². The molecule has 0 aromatic heterocycles. The Morgan fingerprint density at radius 2 is 2.05 bits per heavy atom. The third-order valence-corrected chi connectivity index (χ3v) is 3.59. The molecule has 1 amide bonds. The number of aliphatic hydroxyl groups is 1. The molecule has 0 atom stereocenters. The number of ether oxygens (including phenoxy) is 1. The highest BCUT2D eigenvalue weighted by atomic mass is 127. The summed E-state index contributed by atoms with van der Waals surface area (Å²) >= 11 is 2.21. The van der Waals surface area contributed by atoms with Crippen LogP contribution in [-0.2, 0) is 10.3 Å². The number of hydrogen-bond donors (Lipinski definition) is 1. The van der Waals surface area contributed by atoms with Gasteiger partial charge in [0.15, 0.2) is 0 Å². The summed E-state index contributed by atoms with van der Waals surface area (Å²) in [6.45, 7) is 6.05. The first-order valence-corrected chi connectivity index (χ1v) is 7.24. The summed E-state index contributed by atoms with van der Waals surface area (Å²) in [6.07, 6.45) is -0.372. The maximum Gasteiger partial charge on any atom is 0.410 e. The van der Waals surface area contributed by atoms with Crippen molar-refractivity contribution < 1.29 is 14.6 Å². The normalized spacial score (nSPS) is 17.8. The Labute approximate surface area is 126 Å². The molecule has 1 N–H and O–H groups in total. The van der Waals surface area contributed by atoms with Crippen molar-refractivity contribution in [2.45, 2.75) is 32.0 Å². The summed E-state index contributed by atoms with van der Waals surface area (Å²) in [5.41, 5.74) is -0.607. The van der Waals surface area contributed by atoms with Gasteiger partial charge in [-0.15, -0.1) is 0 Å². The minimum Gasteiger partial charge on any atom is -0.444 e. The van der Waals surface area contributed by atoms with E-state index in [1.54, 1.807) is 0 Å². The van der Waals surface area contributed by atoms with Crippen molar-refractivity contribution in [3.63, 3.8) is 0 Å². The van der Waals surface area contributed by atoms with Crippen LogP contribution in [0.4, 0.5) is 4.79 Å². The summed E-state index contributed by atoms with van der Waals surface area (Å²) in [5.74, 6) is 0. The van der Waals surface area contributed by atoms with Crippen LogP contribution in [0.3, 0.4) is 0 Å². The van der Waals surface area contributed by atoms with Crippen LogP contribution in [0.15, 0.2) is 24.3 Å². The first-order chi connectivity index (χ1) is 8.70. The summed E-state index contributed by atoms with van der Waals surface area (Å²) in [6, 6.07) is 7.70. The molecule has 19 heavy (non-hydrogen) atoms. The number of carbonyl (C=O) groups excluding carboxylic acids is 1. The lowest BCUT2D eigenvalue weighted by molar-refractivity contribution is -0.103. The lowest BCUT2D eigenvalue weighted by atomic mass is 9.86. The molecule has 1 aliphatic heterocycles. The van der Waals surface area contributed by atoms with Crippen LogP contribution in [0.25, 0.3) is 0 Å². The van der Waals surface area contributed by atoms with E-state index in [1.165, 1.54) is 4.90 Å². The third-order valence-electron chi connectivity index (χ3n) is 2.92. The molecule has 5 heteroatoms. The fraction of sp³-hybridized carbons (Fsp3) is 0.500. The Morgan fingerprint density at radius 3 is 2.58 bits per heavy atom. The average Bonchev–Trinajstić information content (AvgIpc) is 2.22. The molecule has 0 aliphatic carbocycles. The minimum absolute atomic E-state index is 0.280. The highest BCUT2D eigenvalue weighted by molar-refractivity contribution is 14.1. The zero-order valence-corrected chi connectivity index (χ0v) is 13.5. The van der Waals surface area contributed by atoms with E-state index in [-0.39, 0.29) is 19.2 Å². The second kappa shape index (κ2) is 4.94. The molecule has 0 saturated carbocycles. The summed E-state index contributed by atoms with van der Waals surface area (Å²) in [7, 11) is 0. The highest BCUT2D eigenvalue weighted by Crippen LogP contribution is 2.33. The molecule has 104 valence electrons. The van der Waals surface area contributed by atoms with Gasteiger partial charge in [-0.25, -0.2) is 4.79 Å². The van der Waals surface area contributed by atoms with Crippen LogP contribution in [0.1, 0.15) is 26.3 Å². The predicted molar refractivity (Wildman–Crippen MR) is 80.9 cm³/mol. The molecule has 1 heterocycles. The molecule has 1 fully saturated rings. The molecule has 0 radical (unpaired) electrons. The number of amides is 1. The summed E-state index contributed by atoms with van der Waals surface area (Å²) < 4.78 is 6.34. The Bertz CT molecular complexity index is 490. The Balaban J connectivity index is 2.00. The van der Waals surface area contributed by atoms with Gasteiger partial charge in [-0.2, -0.15) is 0 Å². The number of β-amino-alcohol motifs (C(OH)–C–C–N with tert-alkyl or cyclic N) is 1. The van der Waals surface area contributed by atoms with Gasteiger partial charge in [0.1, 0.15) is 11.2 Å². The number of nitrogens with zero attached hydrogens (tertiary/aromatic N) is 1. The topological polar surface area (TPSA) is 49.8 Å². The number of benzene rings is 1. The largest absolute Gasteiger partial charge is 0.444 e. The zero-order valence-electron chi connectivity index (χ0n) is 11.3. The van der Waals surface area contributed by atoms with Gasteiger partial charge in [0.2, 0.25) is 0 Å². The highest BCUT2D eigenvalue weighted by Gasteiger charge is 2.46. The van der Waals surface area contributed by atoms with Gasteiger partial charge < -0.3 is 14.7 Å². The van der Waals surface area contributed by atoms with Gasteiger partial charge in [-0.1, -0.05) is 12.1 Å². The fourth-order valence-corrected chi connectivity index (χ4v) is 2.54. The molecular formula is C14H18INO3. The predicted octanol–water partition coefficient (Wildman–Crippen LogP) is 2.73. The van der Waals surface area contributed by atoms with Gasteiger partial charge in [-0.3, -0.25) is 0 Å². The number of carbonyl (C=O) groups is 1. The molecular weight excluding hydrogens is 357 g/mol. The van der Waals surface area contributed by atoms with Crippen molar-refractivity contribution in [3.05, 3.63) is 33.4 Å². The van der Waals surface area contributed by atoms with Crippen LogP contribution in [0.5, 0.6) is 0 Å². The van der Waals surface area contributed by atoms with Gasteiger partial charge in [0, 0.05) is 3.57 Å². The second-order valence-corrected chi connectivity index (χ2v) is 7.12. The SMILES string of the molecule is CC(C)(C)OC(=O)N1CC(O)(c2cccc(I)c2)C1. The quantitative estimate of drug-likeness (QED) is 0.768. The number of likely N-dealkylation sites (tertiary alicyclic amines) is 1. The Hall–Kier alpha value is -0.820. The molecule has 1 aliphatic rings. The van der Waals surface area contributed by atoms with E-state index in [1.807, 2.05) is 45.0 Å². The van der Waals surface area contributed by atoms with Crippen LogP contribution in [0, 0.1) is 3.57 Å². The minimum atomic E-state index is -0.946. The first-order valence-electron chi connectivity index (χ1n) is 6.16. The van der Waals surface area contributed by atoms with E-state index in [4.69, 9.17) is 4.74 Å². The van der Waals surface area contributed by atoms with E-state index >= 15 is 0 Å². The lowest BCUT2D eigenvalue weighted by Crippen LogP contribution is -2.61. The molecule has 1 aromatic carbocycles. The average molecular weight is 375 g/mol. The maximum atomic E-state index is 11.8. The van der Waals surface area contributed by atoms with Crippen molar-refractivity contribution in [2.24, 2.45) is 0 Å². The standard InChI is InChI=1S/C14H18INO3/c1-13(2,3)19-12(17)16-8-14(18,9-16)10-5-4-6-11(15)7-10/h4-7,18H,8-9H2,1-3H3. The van der Waals surface area contributed by atoms with Crippen LogP contribution < -0.4 is 0 Å². The van der Waals surface area contributed by atoms with Crippen molar-refractivity contribution in [3.8, 4) is 0 Å². The van der Waals surface area contributed by atoms with Crippen molar-refractivity contribution in [1.82, 2.24) is 4.90 Å². The van der Waals surface area contributed by atoms with Gasteiger partial charge in [-0.05, 0) is 61.1 Å². The number of halogens is 1. The second-order valence-electron chi connectivity index (χ2n) is 5.88. The van der Waals surface area contributed by atoms with Crippen LogP contribution in [-0.4, -0.2) is 34.8 Å². The Kier molecular flexibility index (Phi) is 3.79. The van der Waals surface area contributed by atoms with E-state index in [0.29, 0.717) is 0 Å². The molecule has 1 saturated heterocycles. The van der Waals surface area contributed by atoms with E-state index in [9.17, 15) is 9.90 Å². The molecule has 1 aromatic rings. The number of rotatable bonds is 1. The Morgan fingerprint density at radius 1 is 1.42 bits per heavy atom. The van der Waals surface area contributed by atoms with Gasteiger partial charge in [0.25, 0.3) is 0 Å². The van der Waals surface area contributed by atoms with Crippen molar-refractivity contribution in [2.75, 3.05) is 13.1 Å². The third kappa shape index (κ3) is 3.39. The monoisotopic (exact) mass is 375 g/mol.